The number of rotatable bonds is 5. The van der Waals surface area contributed by atoms with E-state index in [4.69, 9.17) is 9.84 Å². The van der Waals surface area contributed by atoms with Gasteiger partial charge in [0.15, 0.2) is 11.9 Å². The van der Waals surface area contributed by atoms with E-state index in [2.05, 4.69) is 26.8 Å². The molecular formula is C13H17N5O5. The summed E-state index contributed by atoms with van der Waals surface area (Å²) in [4.78, 5) is 22.3. The van der Waals surface area contributed by atoms with Crippen molar-refractivity contribution in [1.29, 1.82) is 0 Å². The summed E-state index contributed by atoms with van der Waals surface area (Å²) >= 11 is 0. The lowest BCUT2D eigenvalue weighted by Crippen LogP contribution is -2.33. The number of hydrogen-bond donors (Lipinski definition) is 5. The maximum Gasteiger partial charge on any atom is 0.348 e. The fourth-order valence-corrected chi connectivity index (χ4v) is 2.53. The average Bonchev–Trinajstić information content (AvgIpc) is 3.07. The van der Waals surface area contributed by atoms with Crippen molar-refractivity contribution in [2.75, 3.05) is 18.5 Å². The lowest BCUT2D eigenvalue weighted by atomic mass is 10.1. The number of fused-ring (bicyclic) bond motifs is 1. The molecule has 0 unspecified atom stereocenters. The lowest BCUT2D eigenvalue weighted by molar-refractivity contribution is -0.0511. The maximum absolute atomic E-state index is 11.7. The van der Waals surface area contributed by atoms with Crippen LogP contribution in [-0.4, -0.2) is 66.3 Å². The van der Waals surface area contributed by atoms with Crippen LogP contribution >= 0.6 is 0 Å². The highest BCUT2D eigenvalue weighted by molar-refractivity contribution is 5.82. The molecule has 0 spiro atoms. The molecule has 1 fully saturated rings. The summed E-state index contributed by atoms with van der Waals surface area (Å²) in [6.45, 7) is 3.55. The number of aromatic nitrogens is 4. The van der Waals surface area contributed by atoms with Gasteiger partial charge in [-0.15, -0.1) is 6.58 Å². The van der Waals surface area contributed by atoms with Crippen LogP contribution in [0.5, 0.6) is 0 Å². The van der Waals surface area contributed by atoms with Crippen LogP contribution < -0.4 is 11.0 Å². The van der Waals surface area contributed by atoms with Crippen LogP contribution in [-0.2, 0) is 4.74 Å². The summed E-state index contributed by atoms with van der Waals surface area (Å²) in [7, 11) is 0. The van der Waals surface area contributed by atoms with Crippen LogP contribution in [0.15, 0.2) is 23.8 Å². The molecule has 1 aliphatic rings. The minimum absolute atomic E-state index is 0.190. The molecule has 0 aromatic carbocycles. The van der Waals surface area contributed by atoms with Crippen LogP contribution in [0.2, 0.25) is 0 Å². The van der Waals surface area contributed by atoms with Gasteiger partial charge in [0.05, 0.1) is 12.9 Å². The van der Waals surface area contributed by atoms with Gasteiger partial charge in [-0.1, -0.05) is 6.08 Å². The molecule has 10 nitrogen and oxygen atoms in total. The zero-order chi connectivity index (χ0) is 16.6. The van der Waals surface area contributed by atoms with E-state index < -0.39 is 36.8 Å². The molecule has 0 radical (unpaired) electrons. The number of aromatic amines is 1. The second-order valence-electron chi connectivity index (χ2n) is 5.14. The summed E-state index contributed by atoms with van der Waals surface area (Å²) in [5.74, 6) is 0.366. The van der Waals surface area contributed by atoms with Crippen molar-refractivity contribution in [2.24, 2.45) is 0 Å². The van der Waals surface area contributed by atoms with Gasteiger partial charge in [0.25, 0.3) is 0 Å². The highest BCUT2D eigenvalue weighted by Gasteiger charge is 2.44. The molecule has 124 valence electrons. The number of nitrogens with zero attached hydrogens (tertiary/aromatic N) is 3. The van der Waals surface area contributed by atoms with Gasteiger partial charge in [0, 0.05) is 6.54 Å². The molecule has 23 heavy (non-hydrogen) atoms. The van der Waals surface area contributed by atoms with Gasteiger partial charge in [-0.05, 0) is 0 Å². The molecule has 0 aliphatic carbocycles. The molecule has 3 rings (SSSR count). The van der Waals surface area contributed by atoms with Gasteiger partial charge < -0.3 is 25.4 Å². The van der Waals surface area contributed by atoms with Crippen LogP contribution in [0.25, 0.3) is 11.2 Å². The van der Waals surface area contributed by atoms with Crippen LogP contribution in [0.3, 0.4) is 0 Å². The Balaban J connectivity index is 2.04. The number of anilines is 1. The third-order valence-electron chi connectivity index (χ3n) is 3.66. The van der Waals surface area contributed by atoms with Crippen molar-refractivity contribution in [1.82, 2.24) is 19.5 Å². The van der Waals surface area contributed by atoms with Crippen molar-refractivity contribution in [3.63, 3.8) is 0 Å². The summed E-state index contributed by atoms with van der Waals surface area (Å²) in [5, 5.41) is 32.0. The molecule has 1 saturated heterocycles. The van der Waals surface area contributed by atoms with E-state index in [0.717, 1.165) is 0 Å². The Morgan fingerprint density at radius 2 is 2.26 bits per heavy atom. The molecule has 2 aromatic rings. The summed E-state index contributed by atoms with van der Waals surface area (Å²) in [6.07, 6.45) is -1.49. The van der Waals surface area contributed by atoms with Crippen LogP contribution in [0, 0.1) is 0 Å². The van der Waals surface area contributed by atoms with Gasteiger partial charge in [-0.25, -0.2) is 9.78 Å². The zero-order valence-corrected chi connectivity index (χ0v) is 12.1. The van der Waals surface area contributed by atoms with E-state index in [9.17, 15) is 15.0 Å². The Morgan fingerprint density at radius 1 is 1.48 bits per heavy atom. The van der Waals surface area contributed by atoms with Crippen molar-refractivity contribution in [3.05, 3.63) is 29.5 Å². The van der Waals surface area contributed by atoms with E-state index >= 15 is 0 Å². The van der Waals surface area contributed by atoms with Gasteiger partial charge in [0.2, 0.25) is 0 Å². The van der Waals surface area contributed by atoms with Crippen molar-refractivity contribution in [2.45, 2.75) is 24.5 Å². The van der Waals surface area contributed by atoms with Gasteiger partial charge in [0.1, 0.15) is 29.6 Å². The van der Waals surface area contributed by atoms with E-state index in [1.807, 2.05) is 0 Å². The highest BCUT2D eigenvalue weighted by atomic mass is 16.6. The Hall–Kier alpha value is -2.27. The molecule has 0 saturated carbocycles. The van der Waals surface area contributed by atoms with Crippen molar-refractivity contribution >= 4 is 17.0 Å². The molecule has 1 aliphatic heterocycles. The molecular weight excluding hydrogens is 306 g/mol. The number of imidazole rings is 1. The Labute approximate surface area is 130 Å². The first-order valence-electron chi connectivity index (χ1n) is 7.01. The van der Waals surface area contributed by atoms with Gasteiger partial charge >= 0.3 is 5.69 Å². The highest BCUT2D eigenvalue weighted by Crippen LogP contribution is 2.31. The predicted octanol–water partition coefficient (Wildman–Crippen LogP) is -1.67. The number of aliphatic hydroxyl groups is 3. The van der Waals surface area contributed by atoms with E-state index in [0.29, 0.717) is 17.9 Å². The largest absolute Gasteiger partial charge is 0.394 e. The summed E-state index contributed by atoms with van der Waals surface area (Å²) in [6, 6.07) is 0. The molecule has 10 heteroatoms. The fourth-order valence-electron chi connectivity index (χ4n) is 2.53. The Bertz CT molecular complexity index is 772. The first kappa shape index (κ1) is 15.6. The normalized spacial score (nSPS) is 27.4. The first-order valence-corrected chi connectivity index (χ1v) is 7.01. The number of nitrogens with one attached hydrogen (secondary N) is 2. The van der Waals surface area contributed by atoms with Crippen molar-refractivity contribution < 1.29 is 20.1 Å². The number of hydrogen-bond acceptors (Lipinski definition) is 8. The van der Waals surface area contributed by atoms with Crippen molar-refractivity contribution in [3.8, 4) is 0 Å². The van der Waals surface area contributed by atoms with E-state index in [1.54, 1.807) is 6.08 Å². The monoisotopic (exact) mass is 323 g/mol. The minimum Gasteiger partial charge on any atom is -0.394 e. The molecule has 0 bridgehead atoms. The SMILES string of the molecule is C=CCNc1[nH]c(=O)nc2c1ncn2[C@@H]1O[C@H](CO)[C@@H](O)[C@H]1O. The lowest BCUT2D eigenvalue weighted by Gasteiger charge is -2.16. The van der Waals surface area contributed by atoms with E-state index in [-0.39, 0.29) is 5.65 Å². The fraction of sp³-hybridized carbons (Fsp3) is 0.462. The predicted molar refractivity (Wildman–Crippen MR) is 79.8 cm³/mol. The molecule has 4 atom stereocenters. The number of H-pyrrole nitrogens is 1. The molecule has 5 N–H and O–H groups in total. The molecule has 3 heterocycles. The number of ether oxygens (including phenoxy) is 1. The second kappa shape index (κ2) is 6.08. The summed E-state index contributed by atoms with van der Waals surface area (Å²) < 4.78 is 6.79. The minimum atomic E-state index is -1.28. The van der Waals surface area contributed by atoms with Gasteiger partial charge in [-0.2, -0.15) is 4.98 Å². The average molecular weight is 323 g/mol. The van der Waals surface area contributed by atoms with Crippen LogP contribution in [0.4, 0.5) is 5.82 Å². The Kier molecular flexibility index (Phi) is 4.13. The Morgan fingerprint density at radius 3 is 2.91 bits per heavy atom. The number of aliphatic hydroxyl groups excluding tert-OH is 3. The molecule has 0 amide bonds. The van der Waals surface area contributed by atoms with E-state index in [1.165, 1.54) is 10.9 Å². The second-order valence-corrected chi connectivity index (χ2v) is 5.14. The standard InChI is InChI=1S/C13H17N5O5/c1-2-3-14-10-7-11(17-13(22)16-10)18(5-15-7)12-9(21)8(20)6(4-19)23-12/h2,5-6,8-9,12,19-21H,1,3-4H2,(H2,14,16,17,22)/t6-,8-,9-,12-/m1/s1. The summed E-state index contributed by atoms with van der Waals surface area (Å²) in [5.41, 5.74) is -0.0307. The third-order valence-corrected chi connectivity index (χ3v) is 3.66. The first-order chi connectivity index (χ1) is 11.1. The zero-order valence-electron chi connectivity index (χ0n) is 12.1. The smallest absolute Gasteiger partial charge is 0.348 e. The quantitative estimate of drug-likeness (QED) is 0.411. The topological polar surface area (TPSA) is 146 Å². The third kappa shape index (κ3) is 2.61. The van der Waals surface area contributed by atoms with Gasteiger partial charge in [-0.3, -0.25) is 9.55 Å². The maximum atomic E-state index is 11.7. The molecule has 2 aromatic heterocycles. The van der Waals surface area contributed by atoms with Crippen LogP contribution in [0.1, 0.15) is 6.23 Å².